The predicted octanol–water partition coefficient (Wildman–Crippen LogP) is 2.54. The quantitative estimate of drug-likeness (QED) is 0.600. The Labute approximate surface area is 158 Å². The van der Waals surface area contributed by atoms with Gasteiger partial charge >= 0.3 is 0 Å². The molecule has 0 spiro atoms. The Kier molecular flexibility index (Phi) is 5.73. The van der Waals surface area contributed by atoms with Gasteiger partial charge in [-0.25, -0.2) is 8.42 Å². The minimum atomic E-state index is -3.87. The number of hydrogen-bond donors (Lipinski definition) is 1. The summed E-state index contributed by atoms with van der Waals surface area (Å²) in [6.07, 6.45) is 0. The number of aryl methyl sites for hydroxylation is 1. The second-order valence-electron chi connectivity index (χ2n) is 6.29. The molecule has 9 heteroatoms. The number of morpholine rings is 1. The molecule has 0 aromatic heterocycles. The maximum absolute atomic E-state index is 13.0. The van der Waals surface area contributed by atoms with Crippen LogP contribution in [0.15, 0.2) is 47.4 Å². The van der Waals surface area contributed by atoms with Gasteiger partial charge in [-0.15, -0.1) is 0 Å². The van der Waals surface area contributed by atoms with E-state index < -0.39 is 14.9 Å². The number of nitrogens with one attached hydrogen (secondary N) is 1. The van der Waals surface area contributed by atoms with Crippen molar-refractivity contribution in [1.29, 1.82) is 0 Å². The van der Waals surface area contributed by atoms with Gasteiger partial charge in [-0.1, -0.05) is 29.8 Å². The average Bonchev–Trinajstić information content (AvgIpc) is 2.68. The van der Waals surface area contributed by atoms with E-state index in [2.05, 4.69) is 5.32 Å². The molecule has 8 nitrogen and oxygen atoms in total. The highest BCUT2D eigenvalue weighted by Gasteiger charge is 2.30. The van der Waals surface area contributed by atoms with Crippen LogP contribution in [0.4, 0.5) is 11.4 Å². The molecule has 1 aliphatic heterocycles. The van der Waals surface area contributed by atoms with Crippen molar-refractivity contribution in [3.05, 3.63) is 63.7 Å². The van der Waals surface area contributed by atoms with Gasteiger partial charge in [-0.2, -0.15) is 4.31 Å². The number of sulfonamides is 1. The fraction of sp³-hybridized carbons (Fsp3) is 0.333. The number of anilines is 1. The molecular weight excluding hydrogens is 370 g/mol. The molecule has 0 bridgehead atoms. The highest BCUT2D eigenvalue weighted by Crippen LogP contribution is 2.30. The molecule has 3 rings (SSSR count). The summed E-state index contributed by atoms with van der Waals surface area (Å²) in [6.45, 7) is 3.45. The first kappa shape index (κ1) is 19.3. The number of nitro benzene ring substituents is 1. The largest absolute Gasteiger partial charge is 0.380 e. The lowest BCUT2D eigenvalue weighted by molar-refractivity contribution is -0.385. The number of hydrogen-bond acceptors (Lipinski definition) is 6. The van der Waals surface area contributed by atoms with Crippen LogP contribution in [0.25, 0.3) is 0 Å². The summed E-state index contributed by atoms with van der Waals surface area (Å²) in [5.41, 5.74) is 2.19. The third kappa shape index (κ3) is 4.44. The molecule has 1 fully saturated rings. The average molecular weight is 391 g/mol. The lowest BCUT2D eigenvalue weighted by Crippen LogP contribution is -2.40. The highest BCUT2D eigenvalue weighted by molar-refractivity contribution is 7.89. The molecule has 0 aliphatic carbocycles. The fourth-order valence-corrected chi connectivity index (χ4v) is 4.41. The number of benzene rings is 2. The number of nitro groups is 1. The molecule has 1 heterocycles. The van der Waals surface area contributed by atoms with Crippen molar-refractivity contribution < 1.29 is 18.1 Å². The molecule has 27 heavy (non-hydrogen) atoms. The lowest BCUT2D eigenvalue weighted by atomic mass is 10.1. The zero-order valence-corrected chi connectivity index (χ0v) is 15.7. The minimum Gasteiger partial charge on any atom is -0.380 e. The van der Waals surface area contributed by atoms with Crippen LogP contribution in [0, 0.1) is 17.0 Å². The molecule has 2 aromatic rings. The van der Waals surface area contributed by atoms with Crippen LogP contribution in [-0.2, 0) is 21.3 Å². The van der Waals surface area contributed by atoms with Crippen molar-refractivity contribution in [2.24, 2.45) is 0 Å². The van der Waals surface area contributed by atoms with Gasteiger partial charge in [0.15, 0.2) is 0 Å². The molecule has 0 atom stereocenters. The summed E-state index contributed by atoms with van der Waals surface area (Å²) in [6, 6.07) is 11.7. The maximum atomic E-state index is 13.0. The SMILES string of the molecule is Cc1ccc(CNc2ccc([N+](=O)[O-])cc2S(=O)(=O)N2CCOCC2)cc1. The number of rotatable bonds is 6. The lowest BCUT2D eigenvalue weighted by Gasteiger charge is -2.27. The van der Waals surface area contributed by atoms with E-state index >= 15 is 0 Å². The Morgan fingerprint density at radius 1 is 1.15 bits per heavy atom. The zero-order chi connectivity index (χ0) is 19.4. The Bertz CT molecular complexity index is 923. The van der Waals surface area contributed by atoms with E-state index in [-0.39, 0.29) is 23.7 Å². The van der Waals surface area contributed by atoms with Gasteiger partial charge in [0.05, 0.1) is 23.8 Å². The van der Waals surface area contributed by atoms with E-state index in [4.69, 9.17) is 4.74 Å². The standard InChI is InChI=1S/C18H21N3O5S/c1-14-2-4-15(5-3-14)13-19-17-7-6-16(21(22)23)12-18(17)27(24,25)20-8-10-26-11-9-20/h2-7,12,19H,8-11,13H2,1H3. The molecule has 0 unspecified atom stereocenters. The smallest absolute Gasteiger partial charge is 0.270 e. The van der Waals surface area contributed by atoms with Crippen molar-refractivity contribution in [3.63, 3.8) is 0 Å². The Morgan fingerprint density at radius 3 is 2.44 bits per heavy atom. The van der Waals surface area contributed by atoms with Crippen molar-refractivity contribution in [1.82, 2.24) is 4.31 Å². The van der Waals surface area contributed by atoms with Crippen LogP contribution in [0.5, 0.6) is 0 Å². The molecular formula is C18H21N3O5S. The summed E-state index contributed by atoms with van der Waals surface area (Å²) in [5.74, 6) is 0. The van der Waals surface area contributed by atoms with Gasteiger partial charge in [0.1, 0.15) is 4.90 Å². The van der Waals surface area contributed by atoms with E-state index in [0.717, 1.165) is 17.2 Å². The van der Waals surface area contributed by atoms with Gasteiger partial charge in [0.2, 0.25) is 10.0 Å². The van der Waals surface area contributed by atoms with Gasteiger partial charge in [0, 0.05) is 31.8 Å². The zero-order valence-electron chi connectivity index (χ0n) is 14.9. The van der Waals surface area contributed by atoms with Crippen molar-refractivity contribution >= 4 is 21.4 Å². The minimum absolute atomic E-state index is 0.0919. The highest BCUT2D eigenvalue weighted by atomic mass is 32.2. The third-order valence-electron chi connectivity index (χ3n) is 4.37. The summed E-state index contributed by atoms with van der Waals surface area (Å²) in [4.78, 5) is 10.4. The fourth-order valence-electron chi connectivity index (χ4n) is 2.81. The summed E-state index contributed by atoms with van der Waals surface area (Å²) in [5, 5.41) is 14.2. The molecule has 1 N–H and O–H groups in total. The maximum Gasteiger partial charge on any atom is 0.270 e. The second-order valence-corrected chi connectivity index (χ2v) is 8.20. The number of non-ortho nitro benzene ring substituents is 1. The van der Waals surface area contributed by atoms with Crippen molar-refractivity contribution in [3.8, 4) is 0 Å². The van der Waals surface area contributed by atoms with Gasteiger partial charge in [-0.3, -0.25) is 10.1 Å². The third-order valence-corrected chi connectivity index (χ3v) is 6.31. The van der Waals surface area contributed by atoms with E-state index in [9.17, 15) is 18.5 Å². The van der Waals surface area contributed by atoms with Crippen molar-refractivity contribution in [2.75, 3.05) is 31.6 Å². The van der Waals surface area contributed by atoms with Crippen LogP contribution in [0.3, 0.4) is 0 Å². The molecule has 144 valence electrons. The molecule has 2 aromatic carbocycles. The summed E-state index contributed by atoms with van der Waals surface area (Å²) >= 11 is 0. The Balaban J connectivity index is 1.92. The van der Waals surface area contributed by atoms with Crippen LogP contribution < -0.4 is 5.32 Å². The van der Waals surface area contributed by atoms with Crippen LogP contribution >= 0.6 is 0 Å². The van der Waals surface area contributed by atoms with Gasteiger partial charge < -0.3 is 10.1 Å². The van der Waals surface area contributed by atoms with E-state index in [1.165, 1.54) is 16.4 Å². The van der Waals surface area contributed by atoms with Crippen LogP contribution in [0.1, 0.15) is 11.1 Å². The molecule has 1 saturated heterocycles. The first-order valence-electron chi connectivity index (χ1n) is 8.54. The van der Waals surface area contributed by atoms with Gasteiger partial charge in [0.25, 0.3) is 5.69 Å². The number of nitrogens with zero attached hydrogens (tertiary/aromatic N) is 2. The molecule has 0 radical (unpaired) electrons. The Morgan fingerprint density at radius 2 is 1.81 bits per heavy atom. The van der Waals surface area contributed by atoms with E-state index in [1.807, 2.05) is 31.2 Å². The van der Waals surface area contributed by atoms with Crippen LogP contribution in [-0.4, -0.2) is 43.9 Å². The summed E-state index contributed by atoms with van der Waals surface area (Å²) in [7, 11) is -3.87. The first-order chi connectivity index (χ1) is 12.9. The molecule has 0 saturated carbocycles. The monoisotopic (exact) mass is 391 g/mol. The summed E-state index contributed by atoms with van der Waals surface area (Å²) < 4.78 is 32.6. The van der Waals surface area contributed by atoms with E-state index in [0.29, 0.717) is 25.4 Å². The molecule has 1 aliphatic rings. The van der Waals surface area contributed by atoms with Crippen LogP contribution in [0.2, 0.25) is 0 Å². The van der Waals surface area contributed by atoms with Gasteiger partial charge in [-0.05, 0) is 18.6 Å². The van der Waals surface area contributed by atoms with E-state index in [1.54, 1.807) is 0 Å². The first-order valence-corrected chi connectivity index (χ1v) is 9.98. The topological polar surface area (TPSA) is 102 Å². The Hall–Kier alpha value is -2.49. The van der Waals surface area contributed by atoms with Crippen molar-refractivity contribution in [2.45, 2.75) is 18.4 Å². The number of ether oxygens (including phenoxy) is 1. The predicted molar refractivity (Wildman–Crippen MR) is 101 cm³/mol. The second kappa shape index (κ2) is 8.03. The molecule has 0 amide bonds. The normalized spacial score (nSPS) is 15.4.